The van der Waals surface area contributed by atoms with Crippen molar-refractivity contribution >= 4 is 34.6 Å². The summed E-state index contributed by atoms with van der Waals surface area (Å²) in [5.74, 6) is -0.497. The molecule has 0 N–H and O–H groups in total. The van der Waals surface area contributed by atoms with Crippen molar-refractivity contribution in [1.29, 1.82) is 0 Å². The zero-order chi connectivity index (χ0) is 17.8. The van der Waals surface area contributed by atoms with Gasteiger partial charge in [0.15, 0.2) is 0 Å². The van der Waals surface area contributed by atoms with Crippen LogP contribution in [0.15, 0.2) is 63.8 Å². The van der Waals surface area contributed by atoms with Crippen LogP contribution in [-0.4, -0.2) is 5.97 Å². The minimum atomic E-state index is -0.497. The Bertz CT molecular complexity index is 1000. The Morgan fingerprint density at radius 1 is 1.16 bits per heavy atom. The fraction of sp³-hybridized carbons (Fsp3) is 0.100. The highest BCUT2D eigenvalue weighted by Gasteiger charge is 2.08. The summed E-state index contributed by atoms with van der Waals surface area (Å²) in [6.45, 7) is 1.91. The average Bonchev–Trinajstić information content (AvgIpc) is 2.58. The summed E-state index contributed by atoms with van der Waals surface area (Å²) in [7, 11) is 0. The molecule has 0 bridgehead atoms. The Morgan fingerprint density at radius 2 is 1.92 bits per heavy atom. The number of aryl methyl sites for hydroxylation is 1. The largest absolute Gasteiger partial charge is 0.458 e. The minimum Gasteiger partial charge on any atom is -0.458 e. The highest BCUT2D eigenvalue weighted by atomic mass is 35.5. The lowest BCUT2D eigenvalue weighted by Crippen LogP contribution is -2.05. The highest BCUT2D eigenvalue weighted by molar-refractivity contribution is 6.30. The number of carbonyl (C=O) groups is 1. The minimum absolute atomic E-state index is 0.00501. The van der Waals surface area contributed by atoms with Crippen LogP contribution >= 0.6 is 11.6 Å². The predicted molar refractivity (Wildman–Crippen MR) is 97.5 cm³/mol. The van der Waals surface area contributed by atoms with E-state index in [2.05, 4.69) is 0 Å². The van der Waals surface area contributed by atoms with Crippen LogP contribution in [0.2, 0.25) is 5.02 Å². The van der Waals surface area contributed by atoms with Gasteiger partial charge in [-0.15, -0.1) is 0 Å². The number of halogens is 1. The van der Waals surface area contributed by atoms with Gasteiger partial charge in [-0.25, -0.2) is 9.59 Å². The molecule has 0 spiro atoms. The van der Waals surface area contributed by atoms with Gasteiger partial charge in [0.05, 0.1) is 0 Å². The molecule has 0 fully saturated rings. The zero-order valence-electron chi connectivity index (χ0n) is 13.5. The van der Waals surface area contributed by atoms with Crippen LogP contribution in [-0.2, 0) is 16.1 Å². The van der Waals surface area contributed by atoms with Crippen LogP contribution in [0, 0.1) is 6.92 Å². The number of rotatable bonds is 4. The Kier molecular flexibility index (Phi) is 5.00. The second kappa shape index (κ2) is 7.36. The van der Waals surface area contributed by atoms with Gasteiger partial charge in [0.25, 0.3) is 0 Å². The normalized spacial score (nSPS) is 11.1. The van der Waals surface area contributed by atoms with Gasteiger partial charge in [0.2, 0.25) is 0 Å². The van der Waals surface area contributed by atoms with Gasteiger partial charge in [-0.2, -0.15) is 0 Å². The molecule has 0 aliphatic heterocycles. The zero-order valence-corrected chi connectivity index (χ0v) is 14.2. The molecular formula is C20H15ClO4. The summed E-state index contributed by atoms with van der Waals surface area (Å²) >= 11 is 5.81. The first kappa shape index (κ1) is 17.0. The number of esters is 1. The summed E-state index contributed by atoms with van der Waals surface area (Å²) in [5, 5.41) is 1.38. The molecule has 0 atom stereocenters. The van der Waals surface area contributed by atoms with Crippen LogP contribution in [0.25, 0.3) is 17.0 Å². The highest BCUT2D eigenvalue weighted by Crippen LogP contribution is 2.19. The third-order valence-electron chi connectivity index (χ3n) is 3.64. The molecule has 0 aliphatic carbocycles. The van der Waals surface area contributed by atoms with Crippen molar-refractivity contribution in [3.8, 4) is 0 Å². The summed E-state index contributed by atoms with van der Waals surface area (Å²) in [4.78, 5) is 23.6. The number of benzene rings is 2. The standard InChI is InChI=1S/C20H15ClO4/c1-13-2-8-17-15(11-20(23)25-18(17)10-13)12-24-19(22)9-5-14-3-6-16(21)7-4-14/h2-11H,12H2,1H3/b9-5+. The SMILES string of the molecule is Cc1ccc2c(COC(=O)/C=C/c3ccc(Cl)cc3)cc(=O)oc2c1. The molecule has 0 amide bonds. The van der Waals surface area contributed by atoms with Gasteiger partial charge in [-0.3, -0.25) is 0 Å². The maximum Gasteiger partial charge on any atom is 0.336 e. The molecule has 1 heterocycles. The van der Waals surface area contributed by atoms with Crippen LogP contribution in [0.1, 0.15) is 16.7 Å². The first-order valence-corrected chi connectivity index (χ1v) is 8.03. The Morgan fingerprint density at radius 3 is 2.68 bits per heavy atom. The molecule has 126 valence electrons. The van der Waals surface area contributed by atoms with Crippen molar-refractivity contribution in [2.45, 2.75) is 13.5 Å². The van der Waals surface area contributed by atoms with Gasteiger partial charge in [0, 0.05) is 28.1 Å². The molecule has 0 saturated heterocycles. The number of ether oxygens (including phenoxy) is 1. The van der Waals surface area contributed by atoms with Gasteiger partial charge in [-0.1, -0.05) is 35.9 Å². The second-order valence-electron chi connectivity index (χ2n) is 5.58. The summed E-state index contributed by atoms with van der Waals surface area (Å²) in [6, 6.07) is 14.0. The molecule has 3 aromatic rings. The van der Waals surface area contributed by atoms with Crippen molar-refractivity contribution in [2.75, 3.05) is 0 Å². The fourth-order valence-electron chi connectivity index (χ4n) is 2.39. The van der Waals surface area contributed by atoms with Gasteiger partial charge >= 0.3 is 11.6 Å². The van der Waals surface area contributed by atoms with E-state index in [1.807, 2.05) is 19.1 Å². The molecule has 3 rings (SSSR count). The van der Waals surface area contributed by atoms with Crippen molar-refractivity contribution < 1.29 is 13.9 Å². The molecule has 25 heavy (non-hydrogen) atoms. The fourth-order valence-corrected chi connectivity index (χ4v) is 2.52. The third-order valence-corrected chi connectivity index (χ3v) is 3.89. The number of fused-ring (bicyclic) bond motifs is 1. The van der Waals surface area contributed by atoms with Crippen molar-refractivity contribution in [2.24, 2.45) is 0 Å². The van der Waals surface area contributed by atoms with Crippen molar-refractivity contribution in [3.63, 3.8) is 0 Å². The maximum atomic E-state index is 11.9. The van der Waals surface area contributed by atoms with Crippen LogP contribution < -0.4 is 5.63 Å². The molecule has 2 aromatic carbocycles. The lowest BCUT2D eigenvalue weighted by Gasteiger charge is -2.06. The summed E-state index contributed by atoms with van der Waals surface area (Å²) in [5.41, 5.74) is 2.44. The van der Waals surface area contributed by atoms with E-state index in [4.69, 9.17) is 20.8 Å². The van der Waals surface area contributed by atoms with Gasteiger partial charge < -0.3 is 9.15 Å². The molecule has 0 radical (unpaired) electrons. The van der Waals surface area contributed by atoms with E-state index >= 15 is 0 Å². The first-order valence-electron chi connectivity index (χ1n) is 7.65. The lowest BCUT2D eigenvalue weighted by atomic mass is 10.1. The Balaban J connectivity index is 1.73. The van der Waals surface area contributed by atoms with Gasteiger partial charge in [-0.05, 0) is 42.3 Å². The summed E-state index contributed by atoms with van der Waals surface area (Å²) in [6.07, 6.45) is 2.97. The molecule has 0 unspecified atom stereocenters. The van der Waals surface area contributed by atoms with Crippen LogP contribution in [0.3, 0.4) is 0 Å². The van der Waals surface area contributed by atoms with Crippen molar-refractivity contribution in [3.05, 3.63) is 86.7 Å². The van der Waals surface area contributed by atoms with Gasteiger partial charge in [0.1, 0.15) is 12.2 Å². The maximum absolute atomic E-state index is 11.9. The second-order valence-corrected chi connectivity index (χ2v) is 6.02. The molecule has 4 nitrogen and oxygen atoms in total. The Hall–Kier alpha value is -2.85. The Labute approximate surface area is 149 Å². The van der Waals surface area contributed by atoms with E-state index in [1.54, 1.807) is 36.4 Å². The van der Waals surface area contributed by atoms with E-state index in [-0.39, 0.29) is 6.61 Å². The van der Waals surface area contributed by atoms with E-state index in [9.17, 15) is 9.59 Å². The quantitative estimate of drug-likeness (QED) is 0.393. The van der Waals surface area contributed by atoms with Crippen LogP contribution in [0.4, 0.5) is 0 Å². The third kappa shape index (κ3) is 4.37. The number of carbonyl (C=O) groups excluding carboxylic acids is 1. The van der Waals surface area contributed by atoms with Crippen molar-refractivity contribution in [1.82, 2.24) is 0 Å². The number of hydrogen-bond acceptors (Lipinski definition) is 4. The number of hydrogen-bond donors (Lipinski definition) is 0. The monoisotopic (exact) mass is 354 g/mol. The van der Waals surface area contributed by atoms with E-state index in [0.717, 1.165) is 16.5 Å². The molecule has 0 aliphatic rings. The molecule has 1 aromatic heterocycles. The first-order chi connectivity index (χ1) is 12.0. The summed E-state index contributed by atoms with van der Waals surface area (Å²) < 4.78 is 10.4. The average molecular weight is 355 g/mol. The predicted octanol–water partition coefficient (Wildman–Crippen LogP) is 4.51. The van der Waals surface area contributed by atoms with E-state index in [0.29, 0.717) is 16.2 Å². The smallest absolute Gasteiger partial charge is 0.336 e. The molecular weight excluding hydrogens is 340 g/mol. The molecule has 5 heteroatoms. The van der Waals surface area contributed by atoms with Crippen LogP contribution in [0.5, 0.6) is 0 Å². The lowest BCUT2D eigenvalue weighted by molar-refractivity contribution is -0.138. The van der Waals surface area contributed by atoms with E-state index < -0.39 is 11.6 Å². The van der Waals surface area contributed by atoms with E-state index in [1.165, 1.54) is 12.1 Å². The topological polar surface area (TPSA) is 56.5 Å². The molecule has 0 saturated carbocycles.